The van der Waals surface area contributed by atoms with Crippen LogP contribution < -0.4 is 4.98 Å². The summed E-state index contributed by atoms with van der Waals surface area (Å²) in [5.74, 6) is 0.754. The molecule has 2 rings (SSSR count). The van der Waals surface area contributed by atoms with Crippen LogP contribution in [0, 0.1) is 6.92 Å². The van der Waals surface area contributed by atoms with Crippen molar-refractivity contribution in [3.8, 4) is 0 Å². The molecular formula is C7H5ClN3-. The van der Waals surface area contributed by atoms with Crippen molar-refractivity contribution in [2.24, 2.45) is 0 Å². The van der Waals surface area contributed by atoms with Crippen LogP contribution in [0.15, 0.2) is 12.3 Å². The molecule has 0 unspecified atom stereocenters. The van der Waals surface area contributed by atoms with Crippen molar-refractivity contribution in [1.29, 1.82) is 0 Å². The van der Waals surface area contributed by atoms with Gasteiger partial charge in [-0.3, -0.25) is 0 Å². The van der Waals surface area contributed by atoms with Crippen LogP contribution in [0.5, 0.6) is 0 Å². The van der Waals surface area contributed by atoms with Gasteiger partial charge in [-0.1, -0.05) is 17.4 Å². The summed E-state index contributed by atoms with van der Waals surface area (Å²) in [6.07, 6.45) is 1.62. The van der Waals surface area contributed by atoms with Gasteiger partial charge in [-0.15, -0.1) is 0 Å². The van der Waals surface area contributed by atoms with Crippen molar-refractivity contribution in [2.45, 2.75) is 6.92 Å². The molecule has 2 aromatic heterocycles. The van der Waals surface area contributed by atoms with Crippen molar-refractivity contribution in [2.75, 3.05) is 0 Å². The maximum Gasteiger partial charge on any atom is 0.129 e. The fourth-order valence-corrected chi connectivity index (χ4v) is 1.11. The normalized spacial score (nSPS) is 10.7. The van der Waals surface area contributed by atoms with Crippen LogP contribution in [0.25, 0.3) is 11.0 Å². The highest BCUT2D eigenvalue weighted by atomic mass is 35.5. The fourth-order valence-electron chi connectivity index (χ4n) is 0.962. The molecule has 3 nitrogen and oxygen atoms in total. The summed E-state index contributed by atoms with van der Waals surface area (Å²) in [5.41, 5.74) is 1.61. The van der Waals surface area contributed by atoms with Gasteiger partial charge in [-0.25, -0.2) is 4.98 Å². The van der Waals surface area contributed by atoms with Crippen LogP contribution in [-0.2, 0) is 0 Å². The van der Waals surface area contributed by atoms with E-state index in [1.807, 2.05) is 6.92 Å². The lowest BCUT2D eigenvalue weighted by Crippen LogP contribution is -1.75. The minimum atomic E-state index is 0.456. The number of pyridine rings is 1. The second kappa shape index (κ2) is 2.20. The predicted molar refractivity (Wildman–Crippen MR) is 42.6 cm³/mol. The molecule has 11 heavy (non-hydrogen) atoms. The van der Waals surface area contributed by atoms with E-state index in [-0.39, 0.29) is 0 Å². The number of fused-ring (bicyclic) bond motifs is 1. The van der Waals surface area contributed by atoms with Crippen LogP contribution in [0.2, 0.25) is 5.15 Å². The zero-order valence-electron chi connectivity index (χ0n) is 5.87. The number of aryl methyl sites for hydroxylation is 1. The van der Waals surface area contributed by atoms with E-state index in [2.05, 4.69) is 15.0 Å². The summed E-state index contributed by atoms with van der Waals surface area (Å²) in [4.78, 5) is 12.1. The Morgan fingerprint density at radius 1 is 1.55 bits per heavy atom. The smallest absolute Gasteiger partial charge is 0.129 e. The van der Waals surface area contributed by atoms with E-state index in [1.165, 1.54) is 0 Å². The van der Waals surface area contributed by atoms with Crippen molar-refractivity contribution < 1.29 is 0 Å². The molecule has 0 N–H and O–H groups in total. The number of hydrogen-bond acceptors (Lipinski definition) is 2. The molecular weight excluding hydrogens is 162 g/mol. The van der Waals surface area contributed by atoms with Crippen LogP contribution >= 0.6 is 11.6 Å². The molecule has 0 aliphatic rings. The van der Waals surface area contributed by atoms with Crippen LogP contribution in [0.3, 0.4) is 0 Å². The van der Waals surface area contributed by atoms with Crippen LogP contribution in [0.4, 0.5) is 0 Å². The average molecular weight is 167 g/mol. The molecule has 0 fully saturated rings. The summed E-state index contributed by atoms with van der Waals surface area (Å²) < 4.78 is 0. The van der Waals surface area contributed by atoms with E-state index < -0.39 is 0 Å². The molecule has 2 heterocycles. The number of imidazole rings is 1. The number of nitrogens with zero attached hydrogens (tertiary/aromatic N) is 3. The quantitative estimate of drug-likeness (QED) is 0.558. The van der Waals surface area contributed by atoms with Gasteiger partial charge in [0.15, 0.2) is 0 Å². The Bertz CT molecular complexity index is 393. The molecule has 0 saturated heterocycles. The largest absolute Gasteiger partial charge is 0.440 e. The zero-order valence-corrected chi connectivity index (χ0v) is 6.63. The highest BCUT2D eigenvalue weighted by Crippen LogP contribution is 2.12. The summed E-state index contributed by atoms with van der Waals surface area (Å²) in [6, 6.07) is 1.71. The third kappa shape index (κ3) is 1.07. The molecule has 2 aromatic rings. The Labute approximate surface area is 68.4 Å². The van der Waals surface area contributed by atoms with Gasteiger partial charge < -0.3 is 9.97 Å². The van der Waals surface area contributed by atoms with Gasteiger partial charge in [0.25, 0.3) is 0 Å². The van der Waals surface area contributed by atoms with Crippen molar-refractivity contribution in [3.63, 3.8) is 0 Å². The van der Waals surface area contributed by atoms with E-state index in [0.29, 0.717) is 5.15 Å². The highest BCUT2D eigenvalue weighted by Gasteiger charge is 1.90. The molecule has 0 bridgehead atoms. The first-order valence-corrected chi connectivity index (χ1v) is 3.56. The standard InChI is InChI=1S/C7H5ClN3/c1-4-10-5-2-7(8)9-3-6(5)11-4/h2-3H,1H3/q-1. The van der Waals surface area contributed by atoms with E-state index in [4.69, 9.17) is 11.6 Å². The summed E-state index contributed by atoms with van der Waals surface area (Å²) in [5, 5.41) is 0.456. The maximum absolute atomic E-state index is 5.65. The van der Waals surface area contributed by atoms with Crippen LogP contribution in [-0.4, -0.2) is 9.97 Å². The Kier molecular flexibility index (Phi) is 1.32. The minimum absolute atomic E-state index is 0.456. The zero-order chi connectivity index (χ0) is 7.84. The topological polar surface area (TPSA) is 39.9 Å². The minimum Gasteiger partial charge on any atom is -0.440 e. The van der Waals surface area contributed by atoms with E-state index in [0.717, 1.165) is 16.9 Å². The molecule has 56 valence electrons. The van der Waals surface area contributed by atoms with Crippen LogP contribution in [0.1, 0.15) is 5.82 Å². The predicted octanol–water partition coefficient (Wildman–Crippen LogP) is 1.55. The Morgan fingerprint density at radius 3 is 3.18 bits per heavy atom. The van der Waals surface area contributed by atoms with Gasteiger partial charge in [0, 0.05) is 6.20 Å². The molecule has 0 amide bonds. The molecule has 0 aliphatic heterocycles. The van der Waals surface area contributed by atoms with E-state index >= 15 is 0 Å². The molecule has 4 heteroatoms. The monoisotopic (exact) mass is 166 g/mol. The van der Waals surface area contributed by atoms with Gasteiger partial charge in [-0.05, 0) is 24.0 Å². The van der Waals surface area contributed by atoms with Gasteiger partial charge >= 0.3 is 0 Å². The first kappa shape index (κ1) is 6.61. The number of aromatic nitrogens is 3. The van der Waals surface area contributed by atoms with Gasteiger partial charge in [0.05, 0.1) is 0 Å². The Hall–Kier alpha value is -1.09. The Morgan fingerprint density at radius 2 is 2.36 bits per heavy atom. The maximum atomic E-state index is 5.65. The molecule has 0 radical (unpaired) electrons. The lowest BCUT2D eigenvalue weighted by molar-refractivity contribution is 1.15. The van der Waals surface area contributed by atoms with Gasteiger partial charge in [-0.2, -0.15) is 0 Å². The second-order valence-corrected chi connectivity index (χ2v) is 2.65. The molecule has 0 atom stereocenters. The first-order valence-electron chi connectivity index (χ1n) is 3.18. The number of hydrogen-bond donors (Lipinski definition) is 0. The first-order chi connectivity index (χ1) is 5.25. The Balaban J connectivity index is 2.82. The van der Waals surface area contributed by atoms with E-state index in [1.54, 1.807) is 12.3 Å². The number of halogens is 1. The molecule has 0 aliphatic carbocycles. The van der Waals surface area contributed by atoms with Gasteiger partial charge in [0.2, 0.25) is 0 Å². The van der Waals surface area contributed by atoms with E-state index in [9.17, 15) is 0 Å². The molecule has 0 saturated carbocycles. The summed E-state index contributed by atoms with van der Waals surface area (Å²) in [7, 11) is 0. The highest BCUT2D eigenvalue weighted by molar-refractivity contribution is 6.29. The van der Waals surface area contributed by atoms with Gasteiger partial charge in [0.1, 0.15) is 5.15 Å². The third-order valence-corrected chi connectivity index (χ3v) is 1.60. The molecule has 0 spiro atoms. The molecule has 0 aromatic carbocycles. The summed E-state index contributed by atoms with van der Waals surface area (Å²) >= 11 is 5.65. The lowest BCUT2D eigenvalue weighted by Gasteiger charge is -1.92. The SMILES string of the molecule is Cc1nc2cnc(Cl)cc2[n-]1. The van der Waals surface area contributed by atoms with Crippen molar-refractivity contribution >= 4 is 22.6 Å². The number of rotatable bonds is 0. The summed E-state index contributed by atoms with van der Waals surface area (Å²) in [6.45, 7) is 1.84. The third-order valence-electron chi connectivity index (χ3n) is 1.39. The van der Waals surface area contributed by atoms with Crippen molar-refractivity contribution in [1.82, 2.24) is 15.0 Å². The van der Waals surface area contributed by atoms with Crippen molar-refractivity contribution in [3.05, 3.63) is 23.2 Å². The average Bonchev–Trinajstić information content (AvgIpc) is 2.27. The fraction of sp³-hybridized carbons (Fsp3) is 0.143. The second-order valence-electron chi connectivity index (χ2n) is 2.27. The lowest BCUT2D eigenvalue weighted by atomic mass is 10.4.